The smallest absolute Gasteiger partial charge is 0.408 e. The topological polar surface area (TPSA) is 92.9 Å². The van der Waals surface area contributed by atoms with E-state index < -0.39 is 22.4 Å². The van der Waals surface area contributed by atoms with Gasteiger partial charge in [0.1, 0.15) is 11.6 Å². The van der Waals surface area contributed by atoms with Gasteiger partial charge in [-0.25, -0.2) is 9.18 Å². The van der Waals surface area contributed by atoms with Crippen LogP contribution in [0.25, 0.3) is 0 Å². The van der Waals surface area contributed by atoms with Crippen molar-refractivity contribution in [1.82, 2.24) is 4.90 Å². The number of amides is 1. The van der Waals surface area contributed by atoms with Crippen LogP contribution >= 0.6 is 11.6 Å². The molecule has 0 unspecified atom stereocenters. The molecule has 1 N–H and O–H groups in total. The highest BCUT2D eigenvalue weighted by Crippen LogP contribution is 2.36. The molecule has 27 heavy (non-hydrogen) atoms. The molecule has 0 aliphatic rings. The highest BCUT2D eigenvalue weighted by Gasteiger charge is 2.30. The van der Waals surface area contributed by atoms with Crippen molar-refractivity contribution in [2.75, 3.05) is 0 Å². The summed E-state index contributed by atoms with van der Waals surface area (Å²) in [7, 11) is 0. The van der Waals surface area contributed by atoms with Crippen LogP contribution in [-0.2, 0) is 6.54 Å². The molecular formula is C18H18ClFN2O5. The highest BCUT2D eigenvalue weighted by molar-refractivity contribution is 6.30. The number of para-hydroxylation sites is 1. The van der Waals surface area contributed by atoms with E-state index in [0.717, 1.165) is 11.0 Å². The van der Waals surface area contributed by atoms with Crippen molar-refractivity contribution in [3.63, 3.8) is 0 Å². The number of hydrogen-bond acceptors (Lipinski definition) is 4. The molecule has 0 fully saturated rings. The highest BCUT2D eigenvalue weighted by atomic mass is 35.5. The fraction of sp³-hybridized carbons (Fsp3) is 0.278. The van der Waals surface area contributed by atoms with Crippen LogP contribution in [0.1, 0.15) is 26.3 Å². The van der Waals surface area contributed by atoms with Gasteiger partial charge in [-0.05, 0) is 39.0 Å². The predicted molar refractivity (Wildman–Crippen MR) is 97.9 cm³/mol. The minimum atomic E-state index is -1.21. The molecular weight excluding hydrogens is 379 g/mol. The van der Waals surface area contributed by atoms with Crippen LogP contribution in [0.4, 0.5) is 14.9 Å². The number of ether oxygens (including phenoxy) is 1. The molecule has 0 aliphatic carbocycles. The third-order valence-electron chi connectivity index (χ3n) is 3.75. The van der Waals surface area contributed by atoms with Crippen LogP contribution in [0.2, 0.25) is 5.02 Å². The van der Waals surface area contributed by atoms with Gasteiger partial charge in [0.25, 0.3) is 0 Å². The monoisotopic (exact) mass is 396 g/mol. The maximum absolute atomic E-state index is 13.6. The van der Waals surface area contributed by atoms with E-state index in [1.54, 1.807) is 20.8 Å². The van der Waals surface area contributed by atoms with Gasteiger partial charge in [-0.15, -0.1) is 0 Å². The van der Waals surface area contributed by atoms with E-state index in [9.17, 15) is 24.4 Å². The van der Waals surface area contributed by atoms with Gasteiger partial charge in [-0.2, -0.15) is 0 Å². The summed E-state index contributed by atoms with van der Waals surface area (Å²) in [5, 5.41) is 20.9. The zero-order valence-corrected chi connectivity index (χ0v) is 15.7. The second kappa shape index (κ2) is 7.79. The SMILES string of the molecule is CC(C)(C)N(Cc1cccc(Oc2ccc(Cl)c(F)c2)c1[N+](=O)[O-])C(=O)O. The van der Waals surface area contributed by atoms with Crippen molar-refractivity contribution < 1.29 is 24.0 Å². The van der Waals surface area contributed by atoms with E-state index in [2.05, 4.69) is 0 Å². The summed E-state index contributed by atoms with van der Waals surface area (Å²) < 4.78 is 19.1. The van der Waals surface area contributed by atoms with Crippen LogP contribution in [0.3, 0.4) is 0 Å². The van der Waals surface area contributed by atoms with E-state index in [1.165, 1.54) is 30.3 Å². The van der Waals surface area contributed by atoms with Crippen molar-refractivity contribution >= 4 is 23.4 Å². The molecule has 2 aromatic rings. The average Bonchev–Trinajstić information content (AvgIpc) is 2.54. The van der Waals surface area contributed by atoms with Crippen LogP contribution in [-0.4, -0.2) is 26.6 Å². The second-order valence-electron chi connectivity index (χ2n) is 6.74. The Bertz CT molecular complexity index is 883. The molecule has 0 spiro atoms. The van der Waals surface area contributed by atoms with Crippen molar-refractivity contribution in [3.8, 4) is 11.5 Å². The molecule has 0 aromatic heterocycles. The van der Waals surface area contributed by atoms with Crippen LogP contribution in [0.5, 0.6) is 11.5 Å². The third-order valence-corrected chi connectivity index (χ3v) is 4.06. The number of nitro benzene ring substituents is 1. The fourth-order valence-corrected chi connectivity index (χ4v) is 2.53. The Hall–Kier alpha value is -2.87. The first-order valence-electron chi connectivity index (χ1n) is 7.90. The maximum atomic E-state index is 13.6. The zero-order chi connectivity index (χ0) is 20.4. The standard InChI is InChI=1S/C18H18ClFN2O5/c1-18(2,3)21(17(23)24)10-11-5-4-6-15(16(11)22(25)26)27-12-7-8-13(19)14(20)9-12/h4-9H,10H2,1-3H3,(H,23,24). The van der Waals surface area contributed by atoms with Crippen molar-refractivity contribution in [2.45, 2.75) is 32.9 Å². The van der Waals surface area contributed by atoms with Crippen molar-refractivity contribution in [1.29, 1.82) is 0 Å². The van der Waals surface area contributed by atoms with E-state index >= 15 is 0 Å². The molecule has 0 radical (unpaired) electrons. The summed E-state index contributed by atoms with van der Waals surface area (Å²) in [6.07, 6.45) is -1.21. The first kappa shape index (κ1) is 20.4. The van der Waals surface area contributed by atoms with Crippen LogP contribution in [0, 0.1) is 15.9 Å². The molecule has 7 nitrogen and oxygen atoms in total. The first-order valence-corrected chi connectivity index (χ1v) is 8.28. The average molecular weight is 397 g/mol. The first-order chi connectivity index (χ1) is 12.5. The number of rotatable bonds is 5. The summed E-state index contributed by atoms with van der Waals surface area (Å²) in [6, 6.07) is 7.98. The van der Waals surface area contributed by atoms with E-state index in [1.807, 2.05) is 0 Å². The van der Waals surface area contributed by atoms with Crippen LogP contribution in [0.15, 0.2) is 36.4 Å². The second-order valence-corrected chi connectivity index (χ2v) is 7.15. The lowest BCUT2D eigenvalue weighted by atomic mass is 10.0. The lowest BCUT2D eigenvalue weighted by Crippen LogP contribution is -2.44. The van der Waals surface area contributed by atoms with E-state index in [0.29, 0.717) is 0 Å². The molecule has 1 amide bonds. The Balaban J connectivity index is 2.45. The Morgan fingerprint density at radius 2 is 2.00 bits per heavy atom. The molecule has 144 valence electrons. The number of nitrogens with zero attached hydrogens (tertiary/aromatic N) is 2. The van der Waals surface area contributed by atoms with E-state index in [-0.39, 0.29) is 34.3 Å². The summed E-state index contributed by atoms with van der Waals surface area (Å²) in [5.41, 5.74) is -0.997. The molecule has 9 heteroatoms. The van der Waals surface area contributed by atoms with Gasteiger partial charge >= 0.3 is 11.8 Å². The van der Waals surface area contributed by atoms with Gasteiger partial charge in [-0.1, -0.05) is 23.7 Å². The molecule has 0 saturated heterocycles. The van der Waals surface area contributed by atoms with Crippen molar-refractivity contribution in [3.05, 3.63) is 62.9 Å². The van der Waals surface area contributed by atoms with Gasteiger partial charge in [0, 0.05) is 11.6 Å². The lowest BCUT2D eigenvalue weighted by molar-refractivity contribution is -0.386. The quantitative estimate of drug-likeness (QED) is 0.535. The molecule has 0 bridgehead atoms. The number of carboxylic acid groups (broad SMARTS) is 1. The molecule has 0 heterocycles. The zero-order valence-electron chi connectivity index (χ0n) is 14.9. The van der Waals surface area contributed by atoms with E-state index in [4.69, 9.17) is 16.3 Å². The molecule has 2 rings (SSSR count). The van der Waals surface area contributed by atoms with Gasteiger partial charge in [0.15, 0.2) is 0 Å². The summed E-state index contributed by atoms with van der Waals surface area (Å²) in [6.45, 7) is 4.85. The normalized spacial score (nSPS) is 11.1. The number of carbonyl (C=O) groups is 1. The molecule has 0 aliphatic heterocycles. The Kier molecular flexibility index (Phi) is 5.90. The van der Waals surface area contributed by atoms with Crippen molar-refractivity contribution in [2.24, 2.45) is 0 Å². The minimum absolute atomic E-state index is 0.0306. The minimum Gasteiger partial charge on any atom is -0.465 e. The number of benzene rings is 2. The summed E-state index contributed by atoms with van der Waals surface area (Å²) in [4.78, 5) is 23.6. The number of hydrogen-bond donors (Lipinski definition) is 1. The van der Waals surface area contributed by atoms with Gasteiger partial charge in [0.05, 0.1) is 22.1 Å². The molecule has 2 aromatic carbocycles. The Morgan fingerprint density at radius 3 is 2.52 bits per heavy atom. The maximum Gasteiger partial charge on any atom is 0.408 e. The summed E-state index contributed by atoms with van der Waals surface area (Å²) in [5.74, 6) is -0.820. The summed E-state index contributed by atoms with van der Waals surface area (Å²) >= 11 is 5.62. The van der Waals surface area contributed by atoms with Gasteiger partial charge in [-0.3, -0.25) is 15.0 Å². The number of nitro groups is 1. The third kappa shape index (κ3) is 4.85. The largest absolute Gasteiger partial charge is 0.465 e. The van der Waals surface area contributed by atoms with Gasteiger partial charge < -0.3 is 9.84 Å². The fourth-order valence-electron chi connectivity index (χ4n) is 2.41. The molecule has 0 saturated carbocycles. The Morgan fingerprint density at radius 1 is 1.33 bits per heavy atom. The Labute approximate surface area is 160 Å². The predicted octanol–water partition coefficient (Wildman–Crippen LogP) is 5.46. The molecule has 0 atom stereocenters. The van der Waals surface area contributed by atoms with Gasteiger partial charge in [0.2, 0.25) is 5.75 Å². The van der Waals surface area contributed by atoms with Crippen LogP contribution < -0.4 is 4.74 Å². The number of halogens is 2. The lowest BCUT2D eigenvalue weighted by Gasteiger charge is -2.33.